The molecular formula is C28H40F2O. The van der Waals surface area contributed by atoms with E-state index in [1.807, 2.05) is 6.92 Å². The molecule has 0 heterocycles. The summed E-state index contributed by atoms with van der Waals surface area (Å²) in [5.74, 6) is 0.900. The van der Waals surface area contributed by atoms with Crippen LogP contribution in [0.3, 0.4) is 0 Å². The van der Waals surface area contributed by atoms with Gasteiger partial charge in [0.15, 0.2) is 11.6 Å². The van der Waals surface area contributed by atoms with Crippen LogP contribution in [0, 0.1) is 29.4 Å². The maximum Gasteiger partial charge on any atom is 0.200 e. The van der Waals surface area contributed by atoms with E-state index in [4.69, 9.17) is 4.74 Å². The topological polar surface area (TPSA) is 9.23 Å². The lowest BCUT2D eigenvalue weighted by atomic mass is 9.77. The molecule has 31 heavy (non-hydrogen) atoms. The fourth-order valence-corrected chi connectivity index (χ4v) is 5.25. The smallest absolute Gasteiger partial charge is 0.200 e. The standard InChI is InChI=1S/C28H40F2O/c1-3-5-20-31-26-19-18-25(27(29)28(26)30)24-16-14-23(15-17-24)9-7-6-8-22-12-10-21(4-2)11-13-22/h4,6-7,18-19,21-24H,2-3,5,8-17,20H2,1H3. The molecule has 0 N–H and O–H groups in total. The zero-order valence-electron chi connectivity index (χ0n) is 19.3. The SMILES string of the molecule is C=CC1CCC(CC=CCC2CCC(c3ccc(OCCCC)c(F)c3F)CC2)CC1. The van der Waals surface area contributed by atoms with E-state index in [1.165, 1.54) is 32.1 Å². The van der Waals surface area contributed by atoms with Crippen molar-refractivity contribution in [3.63, 3.8) is 0 Å². The van der Waals surface area contributed by atoms with Gasteiger partial charge < -0.3 is 4.74 Å². The van der Waals surface area contributed by atoms with Gasteiger partial charge in [-0.2, -0.15) is 4.39 Å². The van der Waals surface area contributed by atoms with Gasteiger partial charge in [0.05, 0.1) is 6.61 Å². The number of hydrogen-bond donors (Lipinski definition) is 0. The summed E-state index contributed by atoms with van der Waals surface area (Å²) in [5.41, 5.74) is 0.532. The van der Waals surface area contributed by atoms with Gasteiger partial charge in [-0.3, -0.25) is 0 Å². The van der Waals surface area contributed by atoms with Gasteiger partial charge in [0.2, 0.25) is 5.82 Å². The normalized spacial score (nSPS) is 26.8. The lowest BCUT2D eigenvalue weighted by molar-refractivity contribution is 0.285. The lowest BCUT2D eigenvalue weighted by Gasteiger charge is -2.29. The summed E-state index contributed by atoms with van der Waals surface area (Å²) in [4.78, 5) is 0. The van der Waals surface area contributed by atoms with Crippen LogP contribution in [0.1, 0.15) is 95.5 Å². The van der Waals surface area contributed by atoms with Crippen molar-refractivity contribution in [3.8, 4) is 5.75 Å². The van der Waals surface area contributed by atoms with Gasteiger partial charge in [0.25, 0.3) is 0 Å². The summed E-state index contributed by atoms with van der Waals surface area (Å²) in [7, 11) is 0. The lowest BCUT2D eigenvalue weighted by Crippen LogP contribution is -2.15. The van der Waals surface area contributed by atoms with E-state index in [-0.39, 0.29) is 11.7 Å². The maximum atomic E-state index is 14.7. The molecule has 1 aromatic carbocycles. The molecule has 1 nitrogen and oxygen atoms in total. The zero-order valence-corrected chi connectivity index (χ0v) is 19.3. The molecule has 0 unspecified atom stereocenters. The first-order chi connectivity index (χ1) is 15.1. The first kappa shape index (κ1) is 24.0. The molecule has 0 aromatic heterocycles. The molecular weight excluding hydrogens is 390 g/mol. The predicted octanol–water partition coefficient (Wildman–Crippen LogP) is 8.75. The van der Waals surface area contributed by atoms with Crippen LogP contribution < -0.4 is 4.74 Å². The number of ether oxygens (including phenoxy) is 1. The second-order valence-corrected chi connectivity index (χ2v) is 9.66. The van der Waals surface area contributed by atoms with Gasteiger partial charge in [0.1, 0.15) is 0 Å². The minimum atomic E-state index is -0.819. The summed E-state index contributed by atoms with van der Waals surface area (Å²) < 4.78 is 34.5. The molecule has 0 atom stereocenters. The van der Waals surface area contributed by atoms with Crippen LogP contribution in [0.15, 0.2) is 36.9 Å². The van der Waals surface area contributed by atoms with Crippen LogP contribution in [-0.4, -0.2) is 6.61 Å². The molecule has 3 heteroatoms. The Hall–Kier alpha value is -1.64. The van der Waals surface area contributed by atoms with E-state index in [1.54, 1.807) is 12.1 Å². The molecule has 0 radical (unpaired) electrons. The summed E-state index contributed by atoms with van der Waals surface area (Å²) in [5, 5.41) is 0. The second-order valence-electron chi connectivity index (χ2n) is 9.66. The van der Waals surface area contributed by atoms with E-state index >= 15 is 0 Å². The van der Waals surface area contributed by atoms with Crippen LogP contribution in [0.5, 0.6) is 5.75 Å². The van der Waals surface area contributed by atoms with E-state index in [0.717, 1.165) is 56.8 Å². The molecule has 2 fully saturated rings. The summed E-state index contributed by atoms with van der Waals surface area (Å²) >= 11 is 0. The highest BCUT2D eigenvalue weighted by atomic mass is 19.2. The third kappa shape index (κ3) is 6.92. The van der Waals surface area contributed by atoms with Gasteiger partial charge in [-0.05, 0) is 106 Å². The Bertz CT molecular complexity index is 710. The third-order valence-electron chi connectivity index (χ3n) is 7.45. The summed E-state index contributed by atoms with van der Waals surface area (Å²) in [6.45, 7) is 6.41. The minimum Gasteiger partial charge on any atom is -0.490 e. The van der Waals surface area contributed by atoms with Crippen molar-refractivity contribution >= 4 is 0 Å². The Balaban J connectivity index is 1.41. The minimum absolute atomic E-state index is 0.0477. The van der Waals surface area contributed by atoms with Crippen LogP contribution in [0.25, 0.3) is 0 Å². The first-order valence-corrected chi connectivity index (χ1v) is 12.5. The van der Waals surface area contributed by atoms with E-state index in [2.05, 4.69) is 24.8 Å². The average Bonchev–Trinajstić information content (AvgIpc) is 2.81. The fraction of sp³-hybridized carbons (Fsp3) is 0.643. The largest absolute Gasteiger partial charge is 0.490 e. The Morgan fingerprint density at radius 1 is 0.903 bits per heavy atom. The van der Waals surface area contributed by atoms with E-state index < -0.39 is 11.6 Å². The molecule has 1 aromatic rings. The van der Waals surface area contributed by atoms with Gasteiger partial charge in [-0.25, -0.2) is 4.39 Å². The maximum absolute atomic E-state index is 14.7. The molecule has 0 aliphatic heterocycles. The predicted molar refractivity (Wildman–Crippen MR) is 125 cm³/mol. The third-order valence-corrected chi connectivity index (χ3v) is 7.45. The number of allylic oxidation sites excluding steroid dienone is 3. The van der Waals surface area contributed by atoms with Crippen molar-refractivity contribution in [1.82, 2.24) is 0 Å². The van der Waals surface area contributed by atoms with Crippen molar-refractivity contribution in [1.29, 1.82) is 0 Å². The quantitative estimate of drug-likeness (QED) is 0.266. The van der Waals surface area contributed by atoms with E-state index in [9.17, 15) is 8.78 Å². The van der Waals surface area contributed by atoms with Crippen molar-refractivity contribution in [2.24, 2.45) is 17.8 Å². The molecule has 0 bridgehead atoms. The fourth-order valence-electron chi connectivity index (χ4n) is 5.25. The highest BCUT2D eigenvalue weighted by Crippen LogP contribution is 2.40. The molecule has 2 aliphatic carbocycles. The average molecular weight is 431 g/mol. The number of hydrogen-bond acceptors (Lipinski definition) is 1. The van der Waals surface area contributed by atoms with Crippen LogP contribution >= 0.6 is 0 Å². The molecule has 2 aliphatic rings. The Morgan fingerprint density at radius 3 is 2.10 bits per heavy atom. The first-order valence-electron chi connectivity index (χ1n) is 12.5. The Labute approximate surface area is 188 Å². The Morgan fingerprint density at radius 2 is 1.52 bits per heavy atom. The second kappa shape index (κ2) is 12.4. The molecule has 172 valence electrons. The van der Waals surface area contributed by atoms with Gasteiger partial charge in [-0.15, -0.1) is 6.58 Å². The number of rotatable bonds is 10. The molecule has 0 spiro atoms. The highest BCUT2D eigenvalue weighted by Gasteiger charge is 2.26. The van der Waals surface area contributed by atoms with Crippen LogP contribution in [-0.2, 0) is 0 Å². The van der Waals surface area contributed by atoms with Gasteiger partial charge in [0, 0.05) is 0 Å². The van der Waals surface area contributed by atoms with E-state index in [0.29, 0.717) is 18.1 Å². The number of benzene rings is 1. The molecule has 2 saturated carbocycles. The van der Waals surface area contributed by atoms with Gasteiger partial charge in [-0.1, -0.05) is 37.6 Å². The number of unbranched alkanes of at least 4 members (excludes halogenated alkanes) is 1. The van der Waals surface area contributed by atoms with Crippen molar-refractivity contribution in [3.05, 3.63) is 54.1 Å². The zero-order chi connectivity index (χ0) is 22.1. The summed E-state index contributed by atoms with van der Waals surface area (Å²) in [6.07, 6.45) is 20.3. The highest BCUT2D eigenvalue weighted by molar-refractivity contribution is 5.33. The van der Waals surface area contributed by atoms with Crippen molar-refractivity contribution in [2.45, 2.75) is 89.9 Å². The van der Waals surface area contributed by atoms with Crippen LogP contribution in [0.4, 0.5) is 8.78 Å². The molecule has 3 rings (SSSR count). The number of halogens is 2. The monoisotopic (exact) mass is 430 g/mol. The Kier molecular flexibility index (Phi) is 9.61. The van der Waals surface area contributed by atoms with Crippen molar-refractivity contribution < 1.29 is 13.5 Å². The molecule has 0 saturated heterocycles. The summed E-state index contributed by atoms with van der Waals surface area (Å²) in [6, 6.07) is 3.35. The van der Waals surface area contributed by atoms with Gasteiger partial charge >= 0.3 is 0 Å². The van der Waals surface area contributed by atoms with Crippen molar-refractivity contribution in [2.75, 3.05) is 6.61 Å². The van der Waals surface area contributed by atoms with Crippen LogP contribution in [0.2, 0.25) is 0 Å². The molecule has 0 amide bonds.